The van der Waals surface area contributed by atoms with Gasteiger partial charge in [0, 0.05) is 18.7 Å². The van der Waals surface area contributed by atoms with Crippen molar-refractivity contribution in [2.24, 2.45) is 0 Å². The molecular formula is C23H24N4O2. The minimum Gasteiger partial charge on any atom is -0.467 e. The van der Waals surface area contributed by atoms with Crippen LogP contribution in [0.3, 0.4) is 0 Å². The summed E-state index contributed by atoms with van der Waals surface area (Å²) in [5, 5.41) is 5.25. The zero-order valence-electron chi connectivity index (χ0n) is 17.1. The first-order chi connectivity index (χ1) is 14.0. The highest BCUT2D eigenvalue weighted by atomic mass is 16.3. The molecule has 0 bridgehead atoms. The minimum atomic E-state index is -0.0908. The number of amides is 1. The van der Waals surface area contributed by atoms with Gasteiger partial charge in [0.15, 0.2) is 5.65 Å². The minimum absolute atomic E-state index is 0.0908. The third-order valence-corrected chi connectivity index (χ3v) is 5.03. The zero-order chi connectivity index (χ0) is 20.5. The number of hydrogen-bond donors (Lipinski definition) is 0. The number of benzene rings is 1. The van der Waals surface area contributed by atoms with Gasteiger partial charge in [-0.2, -0.15) is 5.10 Å². The monoisotopic (exact) mass is 388 g/mol. The first-order valence-electron chi connectivity index (χ1n) is 9.68. The molecule has 0 radical (unpaired) electrons. The summed E-state index contributed by atoms with van der Waals surface area (Å²) in [7, 11) is 1.78. The molecule has 6 nitrogen and oxygen atoms in total. The van der Waals surface area contributed by atoms with Crippen molar-refractivity contribution >= 4 is 16.9 Å². The van der Waals surface area contributed by atoms with Gasteiger partial charge in [0.2, 0.25) is 0 Å². The van der Waals surface area contributed by atoms with Gasteiger partial charge in [-0.1, -0.05) is 24.3 Å². The highest BCUT2D eigenvalue weighted by Crippen LogP contribution is 2.29. The largest absolute Gasteiger partial charge is 0.467 e. The third-order valence-electron chi connectivity index (χ3n) is 5.03. The van der Waals surface area contributed by atoms with E-state index in [4.69, 9.17) is 9.40 Å². The Morgan fingerprint density at radius 2 is 2.00 bits per heavy atom. The molecule has 0 N–H and O–H groups in total. The molecule has 0 aliphatic rings. The molecule has 0 aliphatic heterocycles. The molecule has 4 aromatic rings. The Balaban J connectivity index is 1.85. The average molecular weight is 388 g/mol. The number of pyridine rings is 1. The summed E-state index contributed by atoms with van der Waals surface area (Å²) < 4.78 is 7.26. The predicted molar refractivity (Wildman–Crippen MR) is 113 cm³/mol. The summed E-state index contributed by atoms with van der Waals surface area (Å²) in [5.41, 5.74) is 4.20. The Morgan fingerprint density at radius 1 is 1.21 bits per heavy atom. The van der Waals surface area contributed by atoms with E-state index in [0.29, 0.717) is 12.1 Å². The van der Waals surface area contributed by atoms with Crippen LogP contribution in [0.5, 0.6) is 0 Å². The number of fused-ring (bicyclic) bond motifs is 1. The van der Waals surface area contributed by atoms with Crippen molar-refractivity contribution < 1.29 is 9.21 Å². The molecule has 4 rings (SSSR count). The fourth-order valence-corrected chi connectivity index (χ4v) is 3.48. The van der Waals surface area contributed by atoms with Crippen LogP contribution in [-0.2, 0) is 6.54 Å². The second-order valence-corrected chi connectivity index (χ2v) is 7.53. The number of aryl methyl sites for hydroxylation is 1. The second-order valence-electron chi connectivity index (χ2n) is 7.53. The van der Waals surface area contributed by atoms with Gasteiger partial charge in [-0.05, 0) is 44.5 Å². The predicted octanol–water partition coefficient (Wildman–Crippen LogP) is 4.85. The lowest BCUT2D eigenvalue weighted by Gasteiger charge is -2.17. The highest BCUT2D eigenvalue weighted by molar-refractivity contribution is 6.06. The molecule has 0 saturated heterocycles. The van der Waals surface area contributed by atoms with E-state index in [-0.39, 0.29) is 11.9 Å². The number of hydrogen-bond acceptors (Lipinski definition) is 4. The van der Waals surface area contributed by atoms with Crippen molar-refractivity contribution in [2.45, 2.75) is 33.4 Å². The van der Waals surface area contributed by atoms with E-state index in [1.165, 1.54) is 0 Å². The molecule has 1 amide bonds. The van der Waals surface area contributed by atoms with Crippen molar-refractivity contribution in [3.8, 4) is 11.3 Å². The van der Waals surface area contributed by atoms with E-state index in [2.05, 4.69) is 18.9 Å². The molecule has 0 spiro atoms. The summed E-state index contributed by atoms with van der Waals surface area (Å²) in [4.78, 5) is 19.9. The van der Waals surface area contributed by atoms with Crippen molar-refractivity contribution in [3.63, 3.8) is 0 Å². The average Bonchev–Trinajstić information content (AvgIpc) is 3.36. The van der Waals surface area contributed by atoms with E-state index in [9.17, 15) is 4.79 Å². The Hall–Kier alpha value is -3.41. The molecule has 148 valence electrons. The van der Waals surface area contributed by atoms with Gasteiger partial charge < -0.3 is 9.32 Å². The molecule has 1 aromatic carbocycles. The lowest BCUT2D eigenvalue weighted by molar-refractivity contribution is 0.0777. The molecule has 3 aromatic heterocycles. The molecule has 0 unspecified atom stereocenters. The maximum Gasteiger partial charge on any atom is 0.254 e. The van der Waals surface area contributed by atoms with Gasteiger partial charge in [-0.15, -0.1) is 0 Å². The lowest BCUT2D eigenvalue weighted by Crippen LogP contribution is -2.26. The molecule has 0 aliphatic carbocycles. The fraction of sp³-hybridized carbons (Fsp3) is 0.261. The fourth-order valence-electron chi connectivity index (χ4n) is 3.48. The van der Waals surface area contributed by atoms with Crippen LogP contribution in [0.2, 0.25) is 0 Å². The maximum atomic E-state index is 13.4. The van der Waals surface area contributed by atoms with Gasteiger partial charge in [0.25, 0.3) is 5.91 Å². The van der Waals surface area contributed by atoms with Crippen LogP contribution in [0.25, 0.3) is 22.3 Å². The van der Waals surface area contributed by atoms with Crippen LogP contribution in [-0.4, -0.2) is 32.6 Å². The van der Waals surface area contributed by atoms with Gasteiger partial charge in [-0.25, -0.2) is 9.67 Å². The van der Waals surface area contributed by atoms with Crippen LogP contribution in [0.4, 0.5) is 0 Å². The van der Waals surface area contributed by atoms with E-state index >= 15 is 0 Å². The maximum absolute atomic E-state index is 13.4. The number of rotatable bonds is 5. The summed E-state index contributed by atoms with van der Waals surface area (Å²) in [6, 6.07) is 13.8. The molecule has 29 heavy (non-hydrogen) atoms. The summed E-state index contributed by atoms with van der Waals surface area (Å²) in [6.07, 6.45) is 3.35. The molecule has 0 atom stereocenters. The SMILES string of the molecule is Cc1ccccc1-c1cc(C(=O)N(C)Cc2ccco2)c2cnn(C(C)C)c2n1. The molecule has 3 heterocycles. The highest BCUT2D eigenvalue weighted by Gasteiger charge is 2.22. The number of carbonyl (C=O) groups excluding carboxylic acids is 1. The molecule has 0 fully saturated rings. The zero-order valence-corrected chi connectivity index (χ0v) is 17.1. The van der Waals surface area contributed by atoms with Gasteiger partial charge in [-0.3, -0.25) is 4.79 Å². The van der Waals surface area contributed by atoms with E-state index < -0.39 is 0 Å². The van der Waals surface area contributed by atoms with Crippen molar-refractivity contribution in [1.82, 2.24) is 19.7 Å². The number of furan rings is 1. The number of aromatic nitrogens is 3. The van der Waals surface area contributed by atoms with E-state index in [0.717, 1.165) is 33.6 Å². The third kappa shape index (κ3) is 3.53. The standard InChI is InChI=1S/C23H24N4O2/c1-15(2)27-22-20(13-24-27)19(23(28)26(4)14-17-9-7-11-29-17)12-21(25-22)18-10-6-5-8-16(18)3/h5-13,15H,14H2,1-4H3. The summed E-state index contributed by atoms with van der Waals surface area (Å²) in [6.45, 7) is 6.55. The number of nitrogens with zero attached hydrogens (tertiary/aromatic N) is 4. The van der Waals surface area contributed by atoms with Gasteiger partial charge >= 0.3 is 0 Å². The molecule has 0 saturated carbocycles. The van der Waals surface area contributed by atoms with Crippen molar-refractivity contribution in [2.75, 3.05) is 7.05 Å². The Morgan fingerprint density at radius 3 is 2.69 bits per heavy atom. The van der Waals surface area contributed by atoms with Crippen LogP contribution >= 0.6 is 0 Å². The number of carbonyl (C=O) groups is 1. The van der Waals surface area contributed by atoms with E-state index in [1.807, 2.05) is 54.1 Å². The first kappa shape index (κ1) is 18.9. The van der Waals surface area contributed by atoms with Crippen LogP contribution in [0.15, 0.2) is 59.3 Å². The lowest BCUT2D eigenvalue weighted by atomic mass is 10.0. The summed E-state index contributed by atoms with van der Waals surface area (Å²) in [5.74, 6) is 0.648. The van der Waals surface area contributed by atoms with Crippen LogP contribution in [0.1, 0.15) is 41.6 Å². The van der Waals surface area contributed by atoms with Crippen LogP contribution < -0.4 is 0 Å². The first-order valence-corrected chi connectivity index (χ1v) is 9.68. The van der Waals surface area contributed by atoms with Gasteiger partial charge in [0.1, 0.15) is 5.76 Å². The van der Waals surface area contributed by atoms with Crippen molar-refractivity contribution in [1.29, 1.82) is 0 Å². The Kier molecular flexibility index (Phi) is 4.92. The van der Waals surface area contributed by atoms with Crippen LogP contribution in [0, 0.1) is 6.92 Å². The Labute approximate surface area is 169 Å². The van der Waals surface area contributed by atoms with Gasteiger partial charge in [0.05, 0.1) is 35.6 Å². The van der Waals surface area contributed by atoms with E-state index in [1.54, 1.807) is 24.4 Å². The topological polar surface area (TPSA) is 64.2 Å². The Bertz CT molecular complexity index is 1160. The molecule has 6 heteroatoms. The molecular weight excluding hydrogens is 364 g/mol. The smallest absolute Gasteiger partial charge is 0.254 e. The quantitative estimate of drug-likeness (QED) is 0.490. The summed E-state index contributed by atoms with van der Waals surface area (Å²) >= 11 is 0. The normalized spacial score (nSPS) is 11.3. The second kappa shape index (κ2) is 7.54. The van der Waals surface area contributed by atoms with Crippen molar-refractivity contribution in [3.05, 3.63) is 71.8 Å².